The normalized spacial score (nSPS) is 15.3. The van der Waals surface area contributed by atoms with Crippen LogP contribution in [0.4, 0.5) is 16.0 Å². The van der Waals surface area contributed by atoms with E-state index in [1.54, 1.807) is 24.4 Å². The zero-order chi connectivity index (χ0) is 15.4. The lowest BCUT2D eigenvalue weighted by molar-refractivity contribution is 0.618. The van der Waals surface area contributed by atoms with Crippen LogP contribution in [0.2, 0.25) is 0 Å². The average molecular weight is 297 g/mol. The molecule has 1 saturated heterocycles. The van der Waals surface area contributed by atoms with Crippen LogP contribution >= 0.6 is 0 Å². The largest absolute Gasteiger partial charge is 0.367 e. The smallest absolute Gasteiger partial charge is 0.226 e. The lowest BCUT2D eigenvalue weighted by Crippen LogP contribution is -2.32. The van der Waals surface area contributed by atoms with Gasteiger partial charge in [-0.15, -0.1) is 0 Å². The molecule has 0 radical (unpaired) electrons. The standard InChI is InChI=1S/C16H16FN5/c17-14-4-1-2-5-15(14)21-8-3-9-22(11-10-21)16-19-7-6-13(12-18)20-16/h1-2,4-7H,3,8-11H2. The molecule has 6 heteroatoms. The van der Waals surface area contributed by atoms with Crippen LogP contribution < -0.4 is 9.80 Å². The molecular formula is C16H16FN5. The summed E-state index contributed by atoms with van der Waals surface area (Å²) >= 11 is 0. The van der Waals surface area contributed by atoms with Gasteiger partial charge in [0.2, 0.25) is 5.95 Å². The molecule has 0 atom stereocenters. The van der Waals surface area contributed by atoms with Gasteiger partial charge in [-0.2, -0.15) is 5.26 Å². The summed E-state index contributed by atoms with van der Waals surface area (Å²) in [6.45, 7) is 2.97. The molecule has 0 bridgehead atoms. The summed E-state index contributed by atoms with van der Waals surface area (Å²) in [6.07, 6.45) is 2.48. The van der Waals surface area contributed by atoms with Crippen molar-refractivity contribution in [3.63, 3.8) is 0 Å². The van der Waals surface area contributed by atoms with E-state index in [9.17, 15) is 4.39 Å². The van der Waals surface area contributed by atoms with E-state index in [0.29, 0.717) is 30.4 Å². The quantitative estimate of drug-likeness (QED) is 0.850. The van der Waals surface area contributed by atoms with Crippen molar-refractivity contribution in [3.8, 4) is 6.07 Å². The van der Waals surface area contributed by atoms with E-state index in [0.717, 1.165) is 19.5 Å². The van der Waals surface area contributed by atoms with Crippen LogP contribution in [0.5, 0.6) is 0 Å². The third-order valence-electron chi connectivity index (χ3n) is 3.73. The number of nitrogens with zero attached hydrogens (tertiary/aromatic N) is 5. The Morgan fingerprint density at radius 3 is 2.64 bits per heavy atom. The maximum Gasteiger partial charge on any atom is 0.226 e. The van der Waals surface area contributed by atoms with E-state index >= 15 is 0 Å². The molecule has 5 nitrogen and oxygen atoms in total. The van der Waals surface area contributed by atoms with E-state index in [4.69, 9.17) is 5.26 Å². The van der Waals surface area contributed by atoms with Crippen molar-refractivity contribution in [1.29, 1.82) is 5.26 Å². The van der Waals surface area contributed by atoms with Crippen molar-refractivity contribution in [2.45, 2.75) is 6.42 Å². The Morgan fingerprint density at radius 1 is 1.05 bits per heavy atom. The maximum atomic E-state index is 13.9. The van der Waals surface area contributed by atoms with Crippen molar-refractivity contribution in [3.05, 3.63) is 48.0 Å². The highest BCUT2D eigenvalue weighted by molar-refractivity contribution is 5.48. The highest BCUT2D eigenvalue weighted by Crippen LogP contribution is 2.21. The van der Waals surface area contributed by atoms with E-state index in [1.807, 2.05) is 21.9 Å². The minimum Gasteiger partial charge on any atom is -0.367 e. The van der Waals surface area contributed by atoms with E-state index < -0.39 is 0 Å². The van der Waals surface area contributed by atoms with Gasteiger partial charge in [0.05, 0.1) is 5.69 Å². The molecule has 2 heterocycles. The molecule has 0 spiro atoms. The molecule has 1 aromatic heterocycles. The number of nitriles is 1. The third kappa shape index (κ3) is 2.98. The lowest BCUT2D eigenvalue weighted by atomic mass is 10.2. The number of halogens is 1. The molecule has 0 unspecified atom stereocenters. The van der Waals surface area contributed by atoms with E-state index in [1.165, 1.54) is 6.07 Å². The van der Waals surface area contributed by atoms with Gasteiger partial charge in [-0.1, -0.05) is 12.1 Å². The van der Waals surface area contributed by atoms with Gasteiger partial charge in [-0.25, -0.2) is 14.4 Å². The zero-order valence-corrected chi connectivity index (χ0v) is 12.1. The van der Waals surface area contributed by atoms with Crippen molar-refractivity contribution < 1.29 is 4.39 Å². The van der Waals surface area contributed by atoms with Gasteiger partial charge in [0.25, 0.3) is 0 Å². The fourth-order valence-corrected chi connectivity index (χ4v) is 2.63. The van der Waals surface area contributed by atoms with Crippen molar-refractivity contribution >= 4 is 11.6 Å². The topological polar surface area (TPSA) is 56.1 Å². The summed E-state index contributed by atoms with van der Waals surface area (Å²) < 4.78 is 13.9. The number of anilines is 2. The fourth-order valence-electron chi connectivity index (χ4n) is 2.63. The number of rotatable bonds is 2. The molecule has 0 saturated carbocycles. The number of hydrogen-bond acceptors (Lipinski definition) is 5. The molecule has 0 N–H and O–H groups in total. The van der Waals surface area contributed by atoms with Crippen LogP contribution in [0.1, 0.15) is 12.1 Å². The van der Waals surface area contributed by atoms with Crippen LogP contribution in [0.25, 0.3) is 0 Å². The number of benzene rings is 1. The summed E-state index contributed by atoms with van der Waals surface area (Å²) in [5.74, 6) is 0.369. The lowest BCUT2D eigenvalue weighted by Gasteiger charge is -2.24. The molecule has 112 valence electrons. The first-order chi connectivity index (χ1) is 10.8. The molecule has 3 rings (SSSR count). The maximum absolute atomic E-state index is 13.9. The molecule has 0 amide bonds. The second kappa shape index (κ2) is 6.39. The van der Waals surface area contributed by atoms with Crippen LogP contribution in [0.15, 0.2) is 36.5 Å². The molecule has 1 fully saturated rings. The highest BCUT2D eigenvalue weighted by atomic mass is 19.1. The first-order valence-corrected chi connectivity index (χ1v) is 7.25. The number of hydrogen-bond donors (Lipinski definition) is 0. The van der Waals surface area contributed by atoms with Gasteiger partial charge in [0, 0.05) is 32.4 Å². The summed E-state index contributed by atoms with van der Waals surface area (Å²) in [4.78, 5) is 12.6. The zero-order valence-electron chi connectivity index (χ0n) is 12.1. The predicted octanol–water partition coefficient (Wildman–Crippen LogP) is 2.20. The second-order valence-electron chi connectivity index (χ2n) is 5.13. The summed E-state index contributed by atoms with van der Waals surface area (Å²) in [5.41, 5.74) is 0.997. The second-order valence-corrected chi connectivity index (χ2v) is 5.13. The first-order valence-electron chi connectivity index (χ1n) is 7.25. The van der Waals surface area contributed by atoms with Crippen molar-refractivity contribution in [2.24, 2.45) is 0 Å². The summed E-state index contributed by atoms with van der Waals surface area (Å²) in [5, 5.41) is 8.93. The molecule has 1 aliphatic heterocycles. The van der Waals surface area contributed by atoms with Gasteiger partial charge in [0.15, 0.2) is 0 Å². The highest BCUT2D eigenvalue weighted by Gasteiger charge is 2.19. The first kappa shape index (κ1) is 14.3. The Hall–Kier alpha value is -2.68. The Bertz CT molecular complexity index is 697. The van der Waals surface area contributed by atoms with Gasteiger partial charge in [-0.05, 0) is 24.6 Å². The molecule has 0 aliphatic carbocycles. The number of aromatic nitrogens is 2. The molecule has 1 aliphatic rings. The van der Waals surface area contributed by atoms with E-state index in [2.05, 4.69) is 9.97 Å². The Kier molecular flexibility index (Phi) is 4.15. The van der Waals surface area contributed by atoms with Gasteiger partial charge in [0.1, 0.15) is 17.6 Å². The molecular weight excluding hydrogens is 281 g/mol. The van der Waals surface area contributed by atoms with Crippen LogP contribution in [0.3, 0.4) is 0 Å². The van der Waals surface area contributed by atoms with Crippen LogP contribution in [0, 0.1) is 17.1 Å². The Morgan fingerprint density at radius 2 is 1.82 bits per heavy atom. The number of para-hydroxylation sites is 1. The van der Waals surface area contributed by atoms with Gasteiger partial charge in [-0.3, -0.25) is 0 Å². The predicted molar refractivity (Wildman–Crippen MR) is 82.2 cm³/mol. The van der Waals surface area contributed by atoms with Crippen LogP contribution in [-0.2, 0) is 0 Å². The molecule has 1 aromatic carbocycles. The monoisotopic (exact) mass is 297 g/mol. The minimum atomic E-state index is -0.196. The summed E-state index contributed by atoms with van der Waals surface area (Å²) in [6, 6.07) is 10.5. The van der Waals surface area contributed by atoms with Crippen LogP contribution in [-0.4, -0.2) is 36.1 Å². The Balaban J connectivity index is 1.75. The SMILES string of the molecule is N#Cc1ccnc(N2CCCN(c3ccccc3F)CC2)n1. The molecule has 22 heavy (non-hydrogen) atoms. The average Bonchev–Trinajstić information content (AvgIpc) is 2.81. The van der Waals surface area contributed by atoms with Crippen molar-refractivity contribution in [2.75, 3.05) is 36.0 Å². The van der Waals surface area contributed by atoms with Gasteiger partial charge < -0.3 is 9.80 Å². The Labute approximate surface area is 128 Å². The van der Waals surface area contributed by atoms with Crippen molar-refractivity contribution in [1.82, 2.24) is 9.97 Å². The fraction of sp³-hybridized carbons (Fsp3) is 0.312. The minimum absolute atomic E-state index is 0.196. The molecule has 2 aromatic rings. The summed E-state index contributed by atoms with van der Waals surface area (Å²) in [7, 11) is 0. The third-order valence-corrected chi connectivity index (χ3v) is 3.73. The van der Waals surface area contributed by atoms with E-state index in [-0.39, 0.29) is 5.82 Å². The van der Waals surface area contributed by atoms with Gasteiger partial charge >= 0.3 is 0 Å².